The van der Waals surface area contributed by atoms with Crippen molar-refractivity contribution >= 4 is 23.2 Å². The Labute approximate surface area is 185 Å². The molecule has 2 aromatic rings. The van der Waals surface area contributed by atoms with Gasteiger partial charge in [0.15, 0.2) is 0 Å². The minimum absolute atomic E-state index is 0.0515. The van der Waals surface area contributed by atoms with Gasteiger partial charge in [0.1, 0.15) is 5.75 Å². The zero-order valence-electron chi connectivity index (χ0n) is 17.9. The van der Waals surface area contributed by atoms with Gasteiger partial charge in [0.2, 0.25) is 10.0 Å². The molecule has 0 fully saturated rings. The average Bonchev–Trinajstić information content (AvgIpc) is 2.72. The molecule has 0 aliphatic heterocycles. The normalized spacial score (nSPS) is 14.0. The number of phenols is 1. The van der Waals surface area contributed by atoms with Gasteiger partial charge in [-0.15, -0.1) is 0 Å². The maximum atomic E-state index is 13.2. The first kappa shape index (κ1) is 25.2. The third-order valence-corrected chi connectivity index (χ3v) is 6.59. The molecule has 0 bridgehead atoms. The first-order valence-corrected chi connectivity index (χ1v) is 11.5. The summed E-state index contributed by atoms with van der Waals surface area (Å²) >= 11 is 0. The van der Waals surface area contributed by atoms with Crippen molar-refractivity contribution in [3.63, 3.8) is 0 Å². The third kappa shape index (κ3) is 7.51. The third-order valence-electron chi connectivity index (χ3n) is 4.75. The van der Waals surface area contributed by atoms with Gasteiger partial charge < -0.3 is 26.3 Å². The number of aromatic hydroxyl groups is 1. The van der Waals surface area contributed by atoms with Crippen LogP contribution in [0.15, 0.2) is 53.4 Å². The van der Waals surface area contributed by atoms with Crippen molar-refractivity contribution in [3.05, 3.63) is 54.1 Å². The fraction of sp³-hybridized carbons (Fsp3) is 0.429. The number of phenolic OH excluding ortho intramolecular Hbond substituents is 1. The van der Waals surface area contributed by atoms with Crippen molar-refractivity contribution in [1.82, 2.24) is 4.31 Å². The Kier molecular flexibility index (Phi) is 9.33. The van der Waals surface area contributed by atoms with E-state index in [1.807, 2.05) is 13.8 Å². The Hall–Kier alpha value is -2.11. The number of aliphatic hydroxyl groups is 1. The van der Waals surface area contributed by atoms with Gasteiger partial charge in [-0.25, -0.2) is 8.42 Å². The number of aliphatic hydroxyl groups excluding tert-OH is 1. The van der Waals surface area contributed by atoms with Crippen LogP contribution in [-0.4, -0.2) is 56.3 Å². The molecule has 2 aromatic carbocycles. The molecule has 0 aliphatic carbocycles. The van der Waals surface area contributed by atoms with Crippen molar-refractivity contribution in [1.29, 1.82) is 0 Å². The first-order chi connectivity index (χ1) is 14.6. The highest BCUT2D eigenvalue weighted by molar-refractivity contribution is 7.89. The summed E-state index contributed by atoms with van der Waals surface area (Å²) in [6.45, 7) is 3.90. The number of rotatable bonds is 12. The lowest BCUT2D eigenvalue weighted by atomic mass is 9.72. The Balaban J connectivity index is 2.24. The van der Waals surface area contributed by atoms with E-state index < -0.39 is 21.9 Å². The zero-order chi connectivity index (χ0) is 23.0. The summed E-state index contributed by atoms with van der Waals surface area (Å²) in [5.41, 5.74) is 12.4. The molecule has 169 valence electrons. The molecule has 8 nitrogen and oxygen atoms in total. The van der Waals surface area contributed by atoms with Crippen LogP contribution in [0.3, 0.4) is 0 Å². The van der Waals surface area contributed by atoms with Crippen molar-refractivity contribution < 1.29 is 23.3 Å². The van der Waals surface area contributed by atoms with E-state index in [2.05, 4.69) is 0 Å². The molecule has 10 heteroatoms. The quantitative estimate of drug-likeness (QED) is 0.220. The standard InChI is InChI=1S/C21H31BN3O5S/c1-15(2)12-25(31(28,29)19-9-5-17(24)6-10-19)13-21(27)20(22-30-14-23)11-16-3-7-18(26)8-4-16/h3-10,15,20-21,26-27H,11-14,23-24H2,1-2H3/t20-,21?/m0/s1. The van der Waals surface area contributed by atoms with E-state index in [0.29, 0.717) is 12.1 Å². The molecule has 0 saturated heterocycles. The van der Waals surface area contributed by atoms with E-state index in [1.54, 1.807) is 24.3 Å². The molecule has 0 heterocycles. The SMILES string of the molecule is CC(C)CN(CC(O)[C@@H]([B]OCN)Cc1ccc(O)cc1)S(=O)(=O)c1ccc(N)cc1. The first-order valence-electron chi connectivity index (χ1n) is 10.1. The Morgan fingerprint density at radius 2 is 1.68 bits per heavy atom. The molecule has 0 spiro atoms. The minimum atomic E-state index is -3.84. The smallest absolute Gasteiger partial charge is 0.300 e. The predicted octanol–water partition coefficient (Wildman–Crippen LogP) is 1.57. The van der Waals surface area contributed by atoms with Crippen LogP contribution in [0.5, 0.6) is 5.75 Å². The zero-order valence-corrected chi connectivity index (χ0v) is 18.7. The summed E-state index contributed by atoms with van der Waals surface area (Å²) in [4.78, 5) is 0.117. The largest absolute Gasteiger partial charge is 0.508 e. The molecule has 0 amide bonds. The second-order valence-corrected chi connectivity index (χ2v) is 9.79. The number of hydrogen-bond acceptors (Lipinski definition) is 7. The van der Waals surface area contributed by atoms with Crippen molar-refractivity contribution in [2.75, 3.05) is 25.6 Å². The Bertz CT molecular complexity index is 908. The highest BCUT2D eigenvalue weighted by Gasteiger charge is 2.31. The van der Waals surface area contributed by atoms with Crippen LogP contribution in [0.4, 0.5) is 5.69 Å². The lowest BCUT2D eigenvalue weighted by molar-refractivity contribution is 0.128. The highest BCUT2D eigenvalue weighted by Crippen LogP contribution is 2.24. The van der Waals surface area contributed by atoms with E-state index in [-0.39, 0.29) is 36.4 Å². The second-order valence-electron chi connectivity index (χ2n) is 7.86. The molecule has 2 atom stereocenters. The van der Waals surface area contributed by atoms with Crippen LogP contribution in [0, 0.1) is 5.92 Å². The number of nitrogens with zero attached hydrogens (tertiary/aromatic N) is 1. The van der Waals surface area contributed by atoms with Crippen LogP contribution >= 0.6 is 0 Å². The summed E-state index contributed by atoms with van der Waals surface area (Å²) < 4.78 is 33.0. The fourth-order valence-electron chi connectivity index (χ4n) is 3.17. The van der Waals surface area contributed by atoms with Crippen molar-refractivity contribution in [2.24, 2.45) is 11.7 Å². The molecule has 1 unspecified atom stereocenters. The number of nitrogens with two attached hydrogens (primary N) is 2. The van der Waals surface area contributed by atoms with E-state index in [9.17, 15) is 18.6 Å². The summed E-state index contributed by atoms with van der Waals surface area (Å²) in [5.74, 6) is -0.319. The summed E-state index contributed by atoms with van der Waals surface area (Å²) in [5, 5.41) is 20.4. The van der Waals surface area contributed by atoms with Crippen molar-refractivity contribution in [3.8, 4) is 5.75 Å². The molecular formula is C21H31BN3O5S. The molecule has 0 aliphatic rings. The molecular weight excluding hydrogens is 417 g/mol. The number of hydrogen-bond donors (Lipinski definition) is 4. The van der Waals surface area contributed by atoms with Gasteiger partial charge in [-0.3, -0.25) is 0 Å². The Morgan fingerprint density at radius 1 is 1.06 bits per heavy atom. The molecule has 0 saturated carbocycles. The summed E-state index contributed by atoms with van der Waals surface area (Å²) in [6.07, 6.45) is -0.651. The molecule has 2 rings (SSSR count). The Morgan fingerprint density at radius 3 is 2.23 bits per heavy atom. The number of anilines is 1. The van der Waals surface area contributed by atoms with Gasteiger partial charge in [0.25, 0.3) is 0 Å². The molecule has 31 heavy (non-hydrogen) atoms. The predicted molar refractivity (Wildman–Crippen MR) is 122 cm³/mol. The highest BCUT2D eigenvalue weighted by atomic mass is 32.2. The van der Waals surface area contributed by atoms with Crippen LogP contribution in [0.1, 0.15) is 19.4 Å². The minimum Gasteiger partial charge on any atom is -0.508 e. The van der Waals surface area contributed by atoms with E-state index >= 15 is 0 Å². The lowest BCUT2D eigenvalue weighted by Crippen LogP contribution is -2.42. The van der Waals surface area contributed by atoms with Gasteiger partial charge in [-0.2, -0.15) is 4.31 Å². The maximum absolute atomic E-state index is 13.2. The van der Waals surface area contributed by atoms with E-state index in [1.165, 1.54) is 36.1 Å². The number of benzene rings is 2. The lowest BCUT2D eigenvalue weighted by Gasteiger charge is -2.29. The van der Waals surface area contributed by atoms with E-state index in [0.717, 1.165) is 5.56 Å². The average molecular weight is 448 g/mol. The molecule has 0 aromatic heterocycles. The van der Waals surface area contributed by atoms with Crippen LogP contribution in [0.25, 0.3) is 0 Å². The number of nitrogen functional groups attached to an aromatic ring is 1. The van der Waals surface area contributed by atoms with Crippen LogP contribution in [-0.2, 0) is 21.1 Å². The van der Waals surface area contributed by atoms with Crippen molar-refractivity contribution in [2.45, 2.75) is 37.1 Å². The fourth-order valence-corrected chi connectivity index (χ4v) is 4.79. The molecule has 1 radical (unpaired) electrons. The second kappa shape index (κ2) is 11.5. The number of sulfonamides is 1. The monoisotopic (exact) mass is 448 g/mol. The van der Waals surface area contributed by atoms with Crippen LogP contribution in [0.2, 0.25) is 5.82 Å². The summed E-state index contributed by atoms with van der Waals surface area (Å²) in [6, 6.07) is 12.6. The maximum Gasteiger partial charge on any atom is 0.300 e. The topological polar surface area (TPSA) is 139 Å². The van der Waals surface area contributed by atoms with Gasteiger partial charge in [-0.05, 0) is 60.1 Å². The summed E-state index contributed by atoms with van der Waals surface area (Å²) in [7, 11) is -2.39. The van der Waals surface area contributed by atoms with Crippen LogP contribution < -0.4 is 11.5 Å². The molecule has 6 N–H and O–H groups in total. The van der Waals surface area contributed by atoms with E-state index in [4.69, 9.17) is 16.1 Å². The van der Waals surface area contributed by atoms with Gasteiger partial charge in [0, 0.05) is 18.8 Å². The van der Waals surface area contributed by atoms with Gasteiger partial charge >= 0.3 is 7.48 Å². The van der Waals surface area contributed by atoms with Gasteiger partial charge in [-0.1, -0.05) is 26.0 Å². The van der Waals surface area contributed by atoms with Gasteiger partial charge in [0.05, 0.1) is 17.7 Å².